The summed E-state index contributed by atoms with van der Waals surface area (Å²) in [6.45, 7) is 6.26. The molecule has 7 heteroatoms. The van der Waals surface area contributed by atoms with Crippen LogP contribution in [0.2, 0.25) is 0 Å². The molecule has 0 aromatic heterocycles. The highest BCUT2D eigenvalue weighted by Gasteiger charge is 2.46. The first kappa shape index (κ1) is 20.7. The molecule has 2 aliphatic rings. The zero-order chi connectivity index (χ0) is 20.8. The molecular formula is C23H27NO6. The lowest BCUT2D eigenvalue weighted by Gasteiger charge is -2.28. The van der Waals surface area contributed by atoms with Gasteiger partial charge in [0.1, 0.15) is 6.42 Å². The molecule has 0 bridgehead atoms. The lowest BCUT2D eigenvalue weighted by atomic mass is 10.0. The van der Waals surface area contributed by atoms with Crippen LogP contribution in [0.5, 0.6) is 11.5 Å². The molecule has 1 unspecified atom stereocenters. The van der Waals surface area contributed by atoms with E-state index < -0.39 is 18.0 Å². The third-order valence-corrected chi connectivity index (χ3v) is 5.15. The predicted octanol–water partition coefficient (Wildman–Crippen LogP) is 2.94. The Morgan fingerprint density at radius 2 is 1.67 bits per heavy atom. The summed E-state index contributed by atoms with van der Waals surface area (Å²) in [6, 6.07) is 16.8. The largest absolute Gasteiger partial charge is 0.444 e. The van der Waals surface area contributed by atoms with E-state index >= 15 is 0 Å². The van der Waals surface area contributed by atoms with Gasteiger partial charge < -0.3 is 23.7 Å². The molecule has 2 aromatic rings. The monoisotopic (exact) mass is 413 g/mol. The van der Waals surface area contributed by atoms with Crippen LogP contribution in [0.4, 0.5) is 0 Å². The van der Waals surface area contributed by atoms with Crippen LogP contribution in [0, 0.1) is 0 Å². The van der Waals surface area contributed by atoms with E-state index in [0.717, 1.165) is 38.4 Å². The van der Waals surface area contributed by atoms with E-state index in [1.807, 2.05) is 54.6 Å². The second-order valence-corrected chi connectivity index (χ2v) is 7.33. The Kier molecular flexibility index (Phi) is 6.52. The number of hydrogen-bond acceptors (Lipinski definition) is 7. The zero-order valence-electron chi connectivity index (χ0n) is 17.1. The van der Waals surface area contributed by atoms with E-state index in [1.165, 1.54) is 0 Å². The number of nitrogens with zero attached hydrogens (tertiary/aromatic N) is 1. The van der Waals surface area contributed by atoms with Gasteiger partial charge in [0, 0.05) is 25.2 Å². The van der Waals surface area contributed by atoms with E-state index in [9.17, 15) is 4.79 Å². The smallest absolute Gasteiger partial charge is 0.316 e. The highest BCUT2D eigenvalue weighted by atomic mass is 16.7. The van der Waals surface area contributed by atoms with Gasteiger partial charge in [-0.15, -0.1) is 0 Å². The molecule has 0 radical (unpaired) electrons. The number of carbonyl (C=O) groups is 1. The second kappa shape index (κ2) is 9.47. The summed E-state index contributed by atoms with van der Waals surface area (Å²) >= 11 is 0. The van der Waals surface area contributed by atoms with Gasteiger partial charge in [-0.1, -0.05) is 42.5 Å². The second-order valence-electron chi connectivity index (χ2n) is 7.33. The standard InChI is InChI=1S/C23H27NO6/c1-18(27-16-13-24-11-14-26-15-12-24)28-22(25)17-23(19-7-3-2-4-8-19)29-20-9-5-6-10-21(20)30-23/h2-10,18H,11-17H2,1H3. The quantitative estimate of drug-likeness (QED) is 0.487. The molecule has 30 heavy (non-hydrogen) atoms. The van der Waals surface area contributed by atoms with Crippen molar-refractivity contribution < 1.29 is 28.5 Å². The molecular weight excluding hydrogens is 386 g/mol. The van der Waals surface area contributed by atoms with Gasteiger partial charge in [-0.25, -0.2) is 0 Å². The Labute approximate surface area is 176 Å². The number of fused-ring (bicyclic) bond motifs is 1. The number of ether oxygens (including phenoxy) is 5. The Hall–Kier alpha value is -2.61. The summed E-state index contributed by atoms with van der Waals surface area (Å²) in [5.74, 6) is -0.506. The average molecular weight is 413 g/mol. The third-order valence-electron chi connectivity index (χ3n) is 5.15. The lowest BCUT2D eigenvalue weighted by molar-refractivity contribution is -0.187. The van der Waals surface area contributed by atoms with Crippen molar-refractivity contribution in [3.8, 4) is 11.5 Å². The number of hydrogen-bond donors (Lipinski definition) is 0. The number of esters is 1. The van der Waals surface area contributed by atoms with E-state index in [2.05, 4.69) is 4.90 Å². The number of carbonyl (C=O) groups excluding carboxylic acids is 1. The van der Waals surface area contributed by atoms with Gasteiger partial charge >= 0.3 is 5.97 Å². The predicted molar refractivity (Wildman–Crippen MR) is 109 cm³/mol. The molecule has 160 valence electrons. The fourth-order valence-electron chi connectivity index (χ4n) is 3.60. The van der Waals surface area contributed by atoms with E-state index in [0.29, 0.717) is 18.1 Å². The Balaban J connectivity index is 1.35. The molecule has 1 saturated heterocycles. The zero-order valence-corrected chi connectivity index (χ0v) is 17.1. The Morgan fingerprint density at radius 1 is 1.03 bits per heavy atom. The van der Waals surface area contributed by atoms with Crippen LogP contribution in [-0.4, -0.2) is 56.6 Å². The van der Waals surface area contributed by atoms with Gasteiger partial charge in [0.25, 0.3) is 5.79 Å². The number of morpholine rings is 1. The topological polar surface area (TPSA) is 66.5 Å². The highest BCUT2D eigenvalue weighted by Crippen LogP contribution is 2.45. The van der Waals surface area contributed by atoms with Crippen LogP contribution < -0.4 is 9.47 Å². The molecule has 0 amide bonds. The maximum atomic E-state index is 12.7. The minimum absolute atomic E-state index is 0.0944. The summed E-state index contributed by atoms with van der Waals surface area (Å²) in [4.78, 5) is 15.0. The maximum absolute atomic E-state index is 12.7. The van der Waals surface area contributed by atoms with Crippen LogP contribution >= 0.6 is 0 Å². The first-order valence-electron chi connectivity index (χ1n) is 10.3. The molecule has 2 aliphatic heterocycles. The molecule has 2 aromatic carbocycles. The van der Waals surface area contributed by atoms with Gasteiger partial charge in [-0.05, 0) is 19.1 Å². The summed E-state index contributed by atoms with van der Waals surface area (Å²) in [6.07, 6.45) is -0.752. The summed E-state index contributed by atoms with van der Waals surface area (Å²) in [5, 5.41) is 0. The summed E-state index contributed by atoms with van der Waals surface area (Å²) in [7, 11) is 0. The van der Waals surface area contributed by atoms with Gasteiger partial charge in [0.05, 0.1) is 19.8 Å². The van der Waals surface area contributed by atoms with Crippen LogP contribution in [0.25, 0.3) is 0 Å². The molecule has 0 aliphatic carbocycles. The molecule has 1 fully saturated rings. The lowest BCUT2D eigenvalue weighted by Crippen LogP contribution is -2.40. The van der Waals surface area contributed by atoms with Crippen molar-refractivity contribution in [3.63, 3.8) is 0 Å². The summed E-state index contributed by atoms with van der Waals surface area (Å²) in [5.41, 5.74) is 0.749. The SMILES string of the molecule is CC(OCCN1CCOCC1)OC(=O)CC1(c2ccccc2)Oc2ccccc2O1. The van der Waals surface area contributed by atoms with Gasteiger partial charge in [0.2, 0.25) is 0 Å². The van der Waals surface area contributed by atoms with Crippen molar-refractivity contribution in [2.24, 2.45) is 0 Å². The first-order valence-corrected chi connectivity index (χ1v) is 10.3. The highest BCUT2D eigenvalue weighted by molar-refractivity contribution is 5.71. The minimum atomic E-state index is -1.25. The van der Waals surface area contributed by atoms with Gasteiger partial charge in [-0.3, -0.25) is 9.69 Å². The average Bonchev–Trinajstić information content (AvgIpc) is 3.14. The van der Waals surface area contributed by atoms with Crippen LogP contribution in [-0.2, 0) is 24.8 Å². The molecule has 1 atom stereocenters. The molecule has 0 spiro atoms. The van der Waals surface area contributed by atoms with Crippen molar-refractivity contribution in [2.45, 2.75) is 25.4 Å². The molecule has 2 heterocycles. The molecule has 7 nitrogen and oxygen atoms in total. The van der Waals surface area contributed by atoms with Crippen molar-refractivity contribution in [2.75, 3.05) is 39.5 Å². The van der Waals surface area contributed by atoms with Crippen LogP contribution in [0.1, 0.15) is 18.9 Å². The van der Waals surface area contributed by atoms with E-state index in [4.69, 9.17) is 23.7 Å². The number of rotatable bonds is 8. The number of para-hydroxylation sites is 2. The van der Waals surface area contributed by atoms with E-state index in [1.54, 1.807) is 6.92 Å². The van der Waals surface area contributed by atoms with Crippen molar-refractivity contribution in [1.29, 1.82) is 0 Å². The fourth-order valence-corrected chi connectivity index (χ4v) is 3.60. The van der Waals surface area contributed by atoms with Crippen LogP contribution in [0.15, 0.2) is 54.6 Å². The van der Waals surface area contributed by atoms with Crippen molar-refractivity contribution in [3.05, 3.63) is 60.2 Å². The minimum Gasteiger partial charge on any atom is -0.444 e. The number of benzene rings is 2. The maximum Gasteiger partial charge on any atom is 0.316 e. The third kappa shape index (κ3) is 4.92. The van der Waals surface area contributed by atoms with Crippen molar-refractivity contribution >= 4 is 5.97 Å². The molecule has 0 saturated carbocycles. The Morgan fingerprint density at radius 3 is 2.33 bits per heavy atom. The van der Waals surface area contributed by atoms with Crippen LogP contribution in [0.3, 0.4) is 0 Å². The molecule has 4 rings (SSSR count). The fraction of sp³-hybridized carbons (Fsp3) is 0.435. The normalized spacial score (nSPS) is 18.7. The van der Waals surface area contributed by atoms with E-state index in [-0.39, 0.29) is 6.42 Å². The van der Waals surface area contributed by atoms with Gasteiger partial charge in [-0.2, -0.15) is 0 Å². The Bertz CT molecular complexity index is 812. The molecule has 0 N–H and O–H groups in total. The van der Waals surface area contributed by atoms with Crippen molar-refractivity contribution in [1.82, 2.24) is 4.90 Å². The first-order chi connectivity index (χ1) is 14.6. The van der Waals surface area contributed by atoms with Gasteiger partial charge in [0.15, 0.2) is 17.8 Å². The summed E-state index contributed by atoms with van der Waals surface area (Å²) < 4.78 is 28.7.